The second-order valence-corrected chi connectivity index (χ2v) is 7.39. The van der Waals surface area contributed by atoms with Gasteiger partial charge in [0.1, 0.15) is 0 Å². The van der Waals surface area contributed by atoms with E-state index < -0.39 is 0 Å². The van der Waals surface area contributed by atoms with Gasteiger partial charge in [-0.25, -0.2) is 9.97 Å². The third-order valence-electron chi connectivity index (χ3n) is 4.61. The summed E-state index contributed by atoms with van der Waals surface area (Å²) in [4.78, 5) is 11.3. The number of anilines is 2. The number of nitrogens with zero attached hydrogens (tertiary/aromatic N) is 4. The van der Waals surface area contributed by atoms with E-state index in [4.69, 9.17) is 16.6 Å². The molecule has 0 fully saturated rings. The molecule has 28 heavy (non-hydrogen) atoms. The number of fused-ring (bicyclic) bond motifs is 1. The van der Waals surface area contributed by atoms with Crippen LogP contribution in [0.4, 0.5) is 11.6 Å². The highest BCUT2D eigenvalue weighted by Gasteiger charge is 2.10. The SMILES string of the molecule is CN(C)CCn1ccc2c(-c3ccnc(Nc4cccc(Cl)c4)n3)cccc21. The summed E-state index contributed by atoms with van der Waals surface area (Å²) in [5.74, 6) is 0.545. The van der Waals surface area contributed by atoms with Gasteiger partial charge in [0.05, 0.1) is 5.69 Å². The highest BCUT2D eigenvalue weighted by molar-refractivity contribution is 6.30. The summed E-state index contributed by atoms with van der Waals surface area (Å²) in [6.07, 6.45) is 3.92. The maximum absolute atomic E-state index is 6.06. The number of hydrogen-bond acceptors (Lipinski definition) is 4. The first-order valence-electron chi connectivity index (χ1n) is 9.19. The molecule has 0 amide bonds. The van der Waals surface area contributed by atoms with E-state index in [-0.39, 0.29) is 0 Å². The first-order chi connectivity index (χ1) is 13.6. The number of benzene rings is 2. The molecule has 2 aromatic heterocycles. The minimum Gasteiger partial charge on any atom is -0.346 e. The average molecular weight is 392 g/mol. The van der Waals surface area contributed by atoms with Gasteiger partial charge >= 0.3 is 0 Å². The zero-order valence-corrected chi connectivity index (χ0v) is 16.7. The third-order valence-corrected chi connectivity index (χ3v) is 4.85. The normalized spacial score (nSPS) is 11.3. The van der Waals surface area contributed by atoms with Crippen LogP contribution < -0.4 is 5.32 Å². The summed E-state index contributed by atoms with van der Waals surface area (Å²) < 4.78 is 2.28. The molecule has 0 spiro atoms. The quantitative estimate of drug-likeness (QED) is 0.499. The van der Waals surface area contributed by atoms with Gasteiger partial charge in [0.2, 0.25) is 5.95 Å². The molecule has 4 aromatic rings. The molecule has 1 N–H and O–H groups in total. The summed E-state index contributed by atoms with van der Waals surface area (Å²) >= 11 is 6.06. The number of hydrogen-bond donors (Lipinski definition) is 1. The van der Waals surface area contributed by atoms with Gasteiger partial charge in [-0.1, -0.05) is 29.8 Å². The topological polar surface area (TPSA) is 46.0 Å². The smallest absolute Gasteiger partial charge is 0.227 e. The fourth-order valence-electron chi connectivity index (χ4n) is 3.21. The first kappa shape index (κ1) is 18.5. The van der Waals surface area contributed by atoms with Crippen LogP contribution in [0.3, 0.4) is 0 Å². The van der Waals surface area contributed by atoms with Crippen molar-refractivity contribution in [2.75, 3.05) is 26.0 Å². The van der Waals surface area contributed by atoms with Gasteiger partial charge in [0.15, 0.2) is 0 Å². The minimum absolute atomic E-state index is 0.545. The Kier molecular flexibility index (Phi) is 5.28. The molecule has 2 aromatic carbocycles. The lowest BCUT2D eigenvalue weighted by Gasteiger charge is -2.12. The predicted molar refractivity (Wildman–Crippen MR) is 116 cm³/mol. The molecule has 0 aliphatic rings. The molecule has 0 radical (unpaired) electrons. The largest absolute Gasteiger partial charge is 0.346 e. The molecule has 142 valence electrons. The van der Waals surface area contributed by atoms with E-state index >= 15 is 0 Å². The molecule has 0 aliphatic heterocycles. The van der Waals surface area contributed by atoms with Crippen molar-refractivity contribution in [3.8, 4) is 11.3 Å². The van der Waals surface area contributed by atoms with Gasteiger partial charge in [0, 0.05) is 52.7 Å². The monoisotopic (exact) mass is 391 g/mol. The zero-order chi connectivity index (χ0) is 19.5. The van der Waals surface area contributed by atoms with E-state index in [1.165, 1.54) is 10.9 Å². The van der Waals surface area contributed by atoms with Gasteiger partial charge < -0.3 is 14.8 Å². The Morgan fingerprint density at radius 2 is 1.93 bits per heavy atom. The van der Waals surface area contributed by atoms with Crippen molar-refractivity contribution in [1.82, 2.24) is 19.4 Å². The highest BCUT2D eigenvalue weighted by atomic mass is 35.5. The van der Waals surface area contributed by atoms with Crippen molar-refractivity contribution in [3.63, 3.8) is 0 Å². The third kappa shape index (κ3) is 4.01. The molecule has 0 saturated carbocycles. The summed E-state index contributed by atoms with van der Waals surface area (Å²) in [5.41, 5.74) is 4.05. The van der Waals surface area contributed by atoms with E-state index in [0.717, 1.165) is 30.0 Å². The van der Waals surface area contributed by atoms with Crippen LogP contribution >= 0.6 is 11.6 Å². The van der Waals surface area contributed by atoms with E-state index in [1.54, 1.807) is 6.20 Å². The van der Waals surface area contributed by atoms with Crippen molar-refractivity contribution >= 4 is 34.1 Å². The number of aromatic nitrogens is 3. The molecule has 0 atom stereocenters. The first-order valence-corrected chi connectivity index (χ1v) is 9.56. The predicted octanol–water partition coefficient (Wildman–Crippen LogP) is 5.06. The van der Waals surface area contributed by atoms with E-state index in [9.17, 15) is 0 Å². The molecule has 5 nitrogen and oxygen atoms in total. The van der Waals surface area contributed by atoms with Gasteiger partial charge in [-0.05, 0) is 50.5 Å². The van der Waals surface area contributed by atoms with Crippen molar-refractivity contribution in [2.24, 2.45) is 0 Å². The summed E-state index contributed by atoms with van der Waals surface area (Å²) in [5, 5.41) is 5.08. The zero-order valence-electron chi connectivity index (χ0n) is 15.9. The summed E-state index contributed by atoms with van der Waals surface area (Å²) in [7, 11) is 4.18. The van der Waals surface area contributed by atoms with Crippen molar-refractivity contribution in [1.29, 1.82) is 0 Å². The van der Waals surface area contributed by atoms with Crippen LogP contribution in [0.1, 0.15) is 0 Å². The Hall–Kier alpha value is -2.89. The lowest BCUT2D eigenvalue weighted by molar-refractivity contribution is 0.387. The van der Waals surface area contributed by atoms with Gasteiger partial charge in [-0.3, -0.25) is 0 Å². The van der Waals surface area contributed by atoms with Crippen LogP contribution in [0.2, 0.25) is 5.02 Å². The van der Waals surface area contributed by atoms with Crippen LogP contribution in [0.5, 0.6) is 0 Å². The summed E-state index contributed by atoms with van der Waals surface area (Å²) in [6.45, 7) is 1.94. The van der Waals surface area contributed by atoms with Gasteiger partial charge in [-0.2, -0.15) is 0 Å². The molecule has 0 unspecified atom stereocenters. The number of likely N-dealkylation sites (N-methyl/N-ethyl adjacent to an activating group) is 1. The van der Waals surface area contributed by atoms with Crippen LogP contribution in [-0.2, 0) is 6.54 Å². The molecule has 0 saturated heterocycles. The second kappa shape index (κ2) is 8.00. The molecule has 4 rings (SSSR count). The Balaban J connectivity index is 1.66. The highest BCUT2D eigenvalue weighted by Crippen LogP contribution is 2.29. The molecule has 2 heterocycles. The summed E-state index contributed by atoms with van der Waals surface area (Å²) in [6, 6.07) is 18.0. The van der Waals surface area contributed by atoms with Crippen molar-refractivity contribution in [3.05, 3.63) is 72.0 Å². The lowest BCUT2D eigenvalue weighted by Crippen LogP contribution is -2.17. The Bertz CT molecular complexity index is 1100. The Labute approximate surface area is 169 Å². The molecule has 0 aliphatic carbocycles. The minimum atomic E-state index is 0.545. The van der Waals surface area contributed by atoms with Crippen LogP contribution in [0, 0.1) is 0 Å². The fraction of sp³-hybridized carbons (Fsp3) is 0.182. The van der Waals surface area contributed by atoms with E-state index in [0.29, 0.717) is 11.0 Å². The van der Waals surface area contributed by atoms with Crippen molar-refractivity contribution in [2.45, 2.75) is 6.54 Å². The molecular weight excluding hydrogens is 370 g/mol. The average Bonchev–Trinajstić information content (AvgIpc) is 3.10. The lowest BCUT2D eigenvalue weighted by atomic mass is 10.1. The maximum atomic E-state index is 6.06. The Morgan fingerprint density at radius 3 is 2.75 bits per heavy atom. The molecular formula is C22H22ClN5. The maximum Gasteiger partial charge on any atom is 0.227 e. The Morgan fingerprint density at radius 1 is 1.07 bits per heavy atom. The standard InChI is InChI=1S/C22H22ClN5/c1-27(2)13-14-28-12-10-19-18(7-4-8-21(19)28)20-9-11-24-22(26-20)25-17-6-3-5-16(23)15-17/h3-12,15H,13-14H2,1-2H3,(H,24,25,26). The van der Waals surface area contributed by atoms with Crippen molar-refractivity contribution < 1.29 is 0 Å². The fourth-order valence-corrected chi connectivity index (χ4v) is 3.40. The number of rotatable bonds is 6. The van der Waals surface area contributed by atoms with Gasteiger partial charge in [-0.15, -0.1) is 0 Å². The number of halogens is 1. The molecule has 6 heteroatoms. The van der Waals surface area contributed by atoms with Gasteiger partial charge in [0.25, 0.3) is 0 Å². The number of nitrogens with one attached hydrogen (secondary N) is 1. The van der Waals surface area contributed by atoms with Crippen LogP contribution in [-0.4, -0.2) is 40.1 Å². The van der Waals surface area contributed by atoms with Crippen LogP contribution in [0.25, 0.3) is 22.2 Å². The molecule has 0 bridgehead atoms. The van der Waals surface area contributed by atoms with E-state index in [2.05, 4.69) is 64.3 Å². The van der Waals surface area contributed by atoms with E-state index in [1.807, 2.05) is 30.3 Å². The van der Waals surface area contributed by atoms with Crippen LogP contribution in [0.15, 0.2) is 67.0 Å². The second-order valence-electron chi connectivity index (χ2n) is 6.95.